The number of nitro groups is 1. The summed E-state index contributed by atoms with van der Waals surface area (Å²) in [5.74, 6) is 0.533. The Morgan fingerprint density at radius 1 is 1.18 bits per heavy atom. The fourth-order valence-corrected chi connectivity index (χ4v) is 4.45. The highest BCUT2D eigenvalue weighted by atomic mass is 32.2. The molecule has 0 radical (unpaired) electrons. The predicted octanol–water partition coefficient (Wildman–Crippen LogP) is 3.38. The number of nitrogens with zero attached hydrogens (tertiary/aromatic N) is 4. The number of fused-ring (bicyclic) bond motifs is 1. The summed E-state index contributed by atoms with van der Waals surface area (Å²) in [5, 5.41) is 11.7. The van der Waals surface area contributed by atoms with E-state index in [4.69, 9.17) is 0 Å². The van der Waals surface area contributed by atoms with Gasteiger partial charge in [-0.3, -0.25) is 19.7 Å². The normalized spacial score (nSPS) is 12.7. The molecule has 1 aliphatic carbocycles. The maximum Gasteiger partial charge on any atom is 0.349 e. The van der Waals surface area contributed by atoms with Gasteiger partial charge in [-0.2, -0.15) is 4.98 Å². The van der Waals surface area contributed by atoms with Crippen LogP contribution in [0.3, 0.4) is 0 Å². The van der Waals surface area contributed by atoms with Gasteiger partial charge in [0.2, 0.25) is 0 Å². The van der Waals surface area contributed by atoms with E-state index in [2.05, 4.69) is 9.97 Å². The minimum atomic E-state index is -0.400. The van der Waals surface area contributed by atoms with E-state index in [1.807, 2.05) is 24.3 Å². The van der Waals surface area contributed by atoms with Crippen LogP contribution in [-0.4, -0.2) is 19.5 Å². The van der Waals surface area contributed by atoms with Crippen LogP contribution < -0.4 is 5.69 Å². The molecule has 142 valence electrons. The molecule has 2 heterocycles. The molecule has 0 spiro atoms. The second-order valence-corrected chi connectivity index (χ2v) is 7.57. The van der Waals surface area contributed by atoms with Crippen LogP contribution in [-0.2, 0) is 25.1 Å². The first-order valence-corrected chi connectivity index (χ1v) is 9.99. The number of hydrogen-bond acceptors (Lipinski definition) is 6. The van der Waals surface area contributed by atoms with Gasteiger partial charge in [0, 0.05) is 35.3 Å². The Balaban J connectivity index is 1.60. The lowest BCUT2D eigenvalue weighted by molar-refractivity contribution is -0.384. The van der Waals surface area contributed by atoms with Crippen molar-refractivity contribution in [3.8, 4) is 0 Å². The van der Waals surface area contributed by atoms with Crippen molar-refractivity contribution >= 4 is 17.4 Å². The fourth-order valence-electron chi connectivity index (χ4n) is 3.43. The molecule has 0 N–H and O–H groups in total. The summed E-state index contributed by atoms with van der Waals surface area (Å²) < 4.78 is 1.72. The zero-order chi connectivity index (χ0) is 19.5. The quantitative estimate of drug-likeness (QED) is 0.275. The molecule has 8 heteroatoms. The molecule has 0 saturated carbocycles. The van der Waals surface area contributed by atoms with E-state index in [-0.39, 0.29) is 11.4 Å². The Morgan fingerprint density at radius 2 is 2.07 bits per heavy atom. The molecule has 2 aromatic heterocycles. The van der Waals surface area contributed by atoms with E-state index in [1.165, 1.54) is 17.8 Å². The standard InChI is InChI=1S/C20H18N4O3S/c25-20-22-19(28-13-14-5-3-7-16(11-14)24(26)27)17-8-4-9-18(17)23(20)12-15-6-1-2-10-21-15/h1-3,5-7,10-11H,4,8-9,12-13H2. The molecule has 1 aromatic carbocycles. The largest absolute Gasteiger partial charge is 0.349 e. The van der Waals surface area contributed by atoms with Crippen molar-refractivity contribution in [1.82, 2.24) is 14.5 Å². The van der Waals surface area contributed by atoms with Crippen LogP contribution in [0.5, 0.6) is 0 Å². The van der Waals surface area contributed by atoms with Gasteiger partial charge in [0.25, 0.3) is 5.69 Å². The SMILES string of the molecule is O=c1nc(SCc2cccc([N+](=O)[O-])c2)c2c(n1Cc1ccccn1)CCC2. The summed E-state index contributed by atoms with van der Waals surface area (Å²) in [7, 11) is 0. The molecular formula is C20H18N4O3S. The number of rotatable bonds is 6. The van der Waals surface area contributed by atoms with E-state index >= 15 is 0 Å². The van der Waals surface area contributed by atoms with Gasteiger partial charge in [-0.1, -0.05) is 18.2 Å². The minimum absolute atomic E-state index is 0.0714. The number of benzene rings is 1. The molecule has 3 aromatic rings. The van der Waals surface area contributed by atoms with Crippen LogP contribution in [0.4, 0.5) is 5.69 Å². The molecule has 0 aliphatic heterocycles. The summed E-state index contributed by atoms with van der Waals surface area (Å²) in [4.78, 5) is 31.9. The first-order valence-electron chi connectivity index (χ1n) is 9.00. The monoisotopic (exact) mass is 394 g/mol. The molecule has 0 bridgehead atoms. The van der Waals surface area contributed by atoms with Gasteiger partial charge in [0.15, 0.2) is 0 Å². The number of aromatic nitrogens is 3. The van der Waals surface area contributed by atoms with Gasteiger partial charge in [-0.15, -0.1) is 11.8 Å². The number of thioether (sulfide) groups is 1. The smallest absolute Gasteiger partial charge is 0.290 e. The Kier molecular flexibility index (Phi) is 5.21. The molecular weight excluding hydrogens is 376 g/mol. The zero-order valence-electron chi connectivity index (χ0n) is 15.1. The molecule has 0 amide bonds. The van der Waals surface area contributed by atoms with Crippen LogP contribution in [0.1, 0.15) is 28.9 Å². The summed E-state index contributed by atoms with van der Waals surface area (Å²) >= 11 is 1.47. The summed E-state index contributed by atoms with van der Waals surface area (Å²) in [6.45, 7) is 0.421. The fraction of sp³-hybridized carbons (Fsp3) is 0.250. The van der Waals surface area contributed by atoms with Crippen LogP contribution in [0.15, 0.2) is 58.5 Å². The maximum atomic E-state index is 12.7. The molecule has 0 atom stereocenters. The van der Waals surface area contributed by atoms with Crippen molar-refractivity contribution in [1.29, 1.82) is 0 Å². The van der Waals surface area contributed by atoms with Crippen molar-refractivity contribution < 1.29 is 4.92 Å². The van der Waals surface area contributed by atoms with Crippen molar-refractivity contribution in [3.05, 3.63) is 91.8 Å². The van der Waals surface area contributed by atoms with Crippen molar-refractivity contribution in [2.75, 3.05) is 0 Å². The van der Waals surface area contributed by atoms with Crippen LogP contribution in [0.25, 0.3) is 0 Å². The lowest BCUT2D eigenvalue weighted by Crippen LogP contribution is -2.28. The Hall–Kier alpha value is -3.00. The van der Waals surface area contributed by atoms with E-state index < -0.39 is 4.92 Å². The topological polar surface area (TPSA) is 90.9 Å². The first-order chi connectivity index (χ1) is 13.6. The van der Waals surface area contributed by atoms with Crippen molar-refractivity contribution in [2.45, 2.75) is 36.6 Å². The Labute approximate surface area is 165 Å². The van der Waals surface area contributed by atoms with Crippen LogP contribution in [0.2, 0.25) is 0 Å². The Morgan fingerprint density at radius 3 is 2.86 bits per heavy atom. The molecule has 7 nitrogen and oxygen atoms in total. The molecule has 0 unspecified atom stereocenters. The van der Waals surface area contributed by atoms with Gasteiger partial charge in [-0.05, 0) is 37.0 Å². The Bertz CT molecular complexity index is 1080. The highest BCUT2D eigenvalue weighted by Gasteiger charge is 2.22. The molecule has 28 heavy (non-hydrogen) atoms. The van der Waals surface area contributed by atoms with Crippen LogP contribution >= 0.6 is 11.8 Å². The molecule has 0 saturated heterocycles. The molecule has 4 rings (SSSR count). The third-order valence-corrected chi connectivity index (χ3v) is 5.83. The maximum absolute atomic E-state index is 12.7. The molecule has 0 fully saturated rings. The second-order valence-electron chi connectivity index (χ2n) is 6.60. The number of pyridine rings is 1. The predicted molar refractivity (Wildman–Crippen MR) is 107 cm³/mol. The molecule has 1 aliphatic rings. The van der Waals surface area contributed by atoms with Crippen molar-refractivity contribution in [3.63, 3.8) is 0 Å². The summed E-state index contributed by atoms with van der Waals surface area (Å²) in [5.41, 5.74) is 3.62. The van der Waals surface area contributed by atoms with Gasteiger partial charge in [0.1, 0.15) is 5.03 Å². The van der Waals surface area contributed by atoms with Gasteiger partial charge >= 0.3 is 5.69 Å². The number of nitro benzene ring substituents is 1. The lowest BCUT2D eigenvalue weighted by Gasteiger charge is -2.14. The highest BCUT2D eigenvalue weighted by Crippen LogP contribution is 2.31. The van der Waals surface area contributed by atoms with E-state index in [0.717, 1.165) is 46.8 Å². The van der Waals surface area contributed by atoms with Gasteiger partial charge < -0.3 is 0 Å². The third-order valence-electron chi connectivity index (χ3n) is 4.74. The second kappa shape index (κ2) is 7.93. The first kappa shape index (κ1) is 18.4. The van der Waals surface area contributed by atoms with E-state index in [9.17, 15) is 14.9 Å². The summed E-state index contributed by atoms with van der Waals surface area (Å²) in [6, 6.07) is 12.2. The number of non-ortho nitro benzene ring substituents is 1. The van der Waals surface area contributed by atoms with E-state index in [0.29, 0.717) is 12.3 Å². The average molecular weight is 394 g/mol. The highest BCUT2D eigenvalue weighted by molar-refractivity contribution is 7.98. The van der Waals surface area contributed by atoms with Crippen molar-refractivity contribution in [2.24, 2.45) is 0 Å². The lowest BCUT2D eigenvalue weighted by atomic mass is 10.2. The number of hydrogen-bond donors (Lipinski definition) is 0. The third kappa shape index (κ3) is 3.82. The average Bonchev–Trinajstić information content (AvgIpc) is 3.20. The van der Waals surface area contributed by atoms with Crippen LogP contribution in [0, 0.1) is 10.1 Å². The summed E-state index contributed by atoms with van der Waals surface area (Å²) in [6.07, 6.45) is 4.46. The minimum Gasteiger partial charge on any atom is -0.290 e. The zero-order valence-corrected chi connectivity index (χ0v) is 15.9. The van der Waals surface area contributed by atoms with Gasteiger partial charge in [0.05, 0.1) is 17.2 Å². The van der Waals surface area contributed by atoms with Gasteiger partial charge in [-0.25, -0.2) is 4.79 Å². The van der Waals surface area contributed by atoms with E-state index in [1.54, 1.807) is 22.9 Å².